The molecule has 2 heterocycles. The number of carbonyl (C=O) groups is 1. The van der Waals surface area contributed by atoms with Crippen molar-refractivity contribution in [3.8, 4) is 0 Å². The van der Waals surface area contributed by atoms with E-state index in [0.29, 0.717) is 24.5 Å². The standard InChI is InChI=1S/C15H29N3O.ClH/c1-3-14-8-4-5-10-18(14)15(19)12-17-9-6-7-13(11-17)16-2;/h13-14,16H,3-12H2,1-2H3;1H. The van der Waals surface area contributed by atoms with Crippen LogP contribution in [0.4, 0.5) is 0 Å². The van der Waals surface area contributed by atoms with Crippen LogP contribution in [0.3, 0.4) is 0 Å². The summed E-state index contributed by atoms with van der Waals surface area (Å²) in [6, 6.07) is 1.05. The Balaban J connectivity index is 0.00000200. The van der Waals surface area contributed by atoms with Crippen molar-refractivity contribution in [3.05, 3.63) is 0 Å². The number of piperidine rings is 2. The Hall–Kier alpha value is -0.320. The minimum absolute atomic E-state index is 0. The summed E-state index contributed by atoms with van der Waals surface area (Å²) in [5.41, 5.74) is 0. The van der Waals surface area contributed by atoms with E-state index in [1.54, 1.807) is 0 Å². The van der Waals surface area contributed by atoms with Crippen molar-refractivity contribution >= 4 is 18.3 Å². The summed E-state index contributed by atoms with van der Waals surface area (Å²) in [5.74, 6) is 0.350. The van der Waals surface area contributed by atoms with Gasteiger partial charge in [0.25, 0.3) is 0 Å². The zero-order chi connectivity index (χ0) is 13.7. The van der Waals surface area contributed by atoms with E-state index < -0.39 is 0 Å². The van der Waals surface area contributed by atoms with Crippen LogP contribution in [0.2, 0.25) is 0 Å². The molecule has 118 valence electrons. The van der Waals surface area contributed by atoms with Gasteiger partial charge >= 0.3 is 0 Å². The number of likely N-dealkylation sites (tertiary alicyclic amines) is 2. The van der Waals surface area contributed by atoms with Crippen molar-refractivity contribution in [1.82, 2.24) is 15.1 Å². The fourth-order valence-electron chi connectivity index (χ4n) is 3.47. The third-order valence-electron chi connectivity index (χ3n) is 4.69. The molecule has 0 aromatic carbocycles. The van der Waals surface area contributed by atoms with Gasteiger partial charge in [-0.05, 0) is 52.1 Å². The molecule has 0 aromatic rings. The van der Waals surface area contributed by atoms with Crippen LogP contribution < -0.4 is 5.32 Å². The van der Waals surface area contributed by atoms with Crippen molar-refractivity contribution in [2.24, 2.45) is 0 Å². The topological polar surface area (TPSA) is 35.6 Å². The lowest BCUT2D eigenvalue weighted by Gasteiger charge is -2.38. The first-order chi connectivity index (χ1) is 9.24. The van der Waals surface area contributed by atoms with Crippen LogP contribution >= 0.6 is 12.4 Å². The largest absolute Gasteiger partial charge is 0.339 e. The summed E-state index contributed by atoms with van der Waals surface area (Å²) in [6.45, 7) is 5.89. The maximum Gasteiger partial charge on any atom is 0.236 e. The molecule has 0 spiro atoms. The van der Waals surface area contributed by atoms with Gasteiger partial charge in [0, 0.05) is 25.2 Å². The highest BCUT2D eigenvalue weighted by Gasteiger charge is 2.27. The number of nitrogens with zero attached hydrogens (tertiary/aromatic N) is 2. The molecule has 1 N–H and O–H groups in total. The van der Waals surface area contributed by atoms with E-state index in [4.69, 9.17) is 0 Å². The predicted octanol–water partition coefficient (Wildman–Crippen LogP) is 1.88. The fourth-order valence-corrected chi connectivity index (χ4v) is 3.47. The SMILES string of the molecule is CCC1CCCCN1C(=O)CN1CCCC(NC)C1.Cl. The summed E-state index contributed by atoms with van der Waals surface area (Å²) in [5, 5.41) is 3.34. The van der Waals surface area contributed by atoms with Crippen molar-refractivity contribution in [1.29, 1.82) is 0 Å². The first-order valence-corrected chi connectivity index (χ1v) is 7.93. The average Bonchev–Trinajstić information content (AvgIpc) is 2.47. The number of halogens is 1. The third-order valence-corrected chi connectivity index (χ3v) is 4.69. The maximum atomic E-state index is 12.5. The lowest BCUT2D eigenvalue weighted by Crippen LogP contribution is -2.51. The van der Waals surface area contributed by atoms with Crippen molar-refractivity contribution in [2.75, 3.05) is 33.2 Å². The quantitative estimate of drug-likeness (QED) is 0.861. The summed E-state index contributed by atoms with van der Waals surface area (Å²) < 4.78 is 0. The number of rotatable bonds is 4. The second-order valence-electron chi connectivity index (χ2n) is 6.01. The Morgan fingerprint density at radius 2 is 2.00 bits per heavy atom. The number of carbonyl (C=O) groups excluding carboxylic acids is 1. The predicted molar refractivity (Wildman–Crippen MR) is 85.4 cm³/mol. The summed E-state index contributed by atoms with van der Waals surface area (Å²) in [6.07, 6.45) is 7.21. The molecule has 4 nitrogen and oxygen atoms in total. The van der Waals surface area contributed by atoms with Gasteiger partial charge in [0.1, 0.15) is 0 Å². The van der Waals surface area contributed by atoms with E-state index in [-0.39, 0.29) is 12.4 Å². The molecule has 1 amide bonds. The maximum absolute atomic E-state index is 12.5. The van der Waals surface area contributed by atoms with E-state index in [0.717, 1.165) is 26.1 Å². The molecule has 2 aliphatic rings. The first kappa shape index (κ1) is 17.7. The minimum Gasteiger partial charge on any atom is -0.339 e. The van der Waals surface area contributed by atoms with Crippen LogP contribution in [0.5, 0.6) is 0 Å². The second-order valence-corrected chi connectivity index (χ2v) is 6.01. The Morgan fingerprint density at radius 1 is 1.20 bits per heavy atom. The minimum atomic E-state index is 0. The molecular formula is C15H30ClN3O. The highest BCUT2D eigenvalue weighted by Crippen LogP contribution is 2.20. The molecule has 2 aliphatic heterocycles. The van der Waals surface area contributed by atoms with Crippen LogP contribution in [0, 0.1) is 0 Å². The molecule has 5 heteroatoms. The van der Waals surface area contributed by atoms with Crippen molar-refractivity contribution in [3.63, 3.8) is 0 Å². The Morgan fingerprint density at radius 3 is 2.70 bits per heavy atom. The van der Waals surface area contributed by atoms with Crippen LogP contribution in [0.25, 0.3) is 0 Å². The molecule has 2 atom stereocenters. The number of amides is 1. The lowest BCUT2D eigenvalue weighted by atomic mass is 9.99. The van der Waals surface area contributed by atoms with Gasteiger partial charge in [-0.15, -0.1) is 12.4 Å². The van der Waals surface area contributed by atoms with Gasteiger partial charge in [-0.1, -0.05) is 6.92 Å². The zero-order valence-electron chi connectivity index (χ0n) is 12.9. The zero-order valence-corrected chi connectivity index (χ0v) is 13.8. The summed E-state index contributed by atoms with van der Waals surface area (Å²) in [7, 11) is 2.02. The lowest BCUT2D eigenvalue weighted by molar-refractivity contribution is -0.136. The van der Waals surface area contributed by atoms with Crippen molar-refractivity contribution < 1.29 is 4.79 Å². The van der Waals surface area contributed by atoms with E-state index in [1.807, 2.05) is 7.05 Å². The van der Waals surface area contributed by atoms with E-state index in [1.165, 1.54) is 32.1 Å². The molecule has 2 rings (SSSR count). The molecule has 0 saturated carbocycles. The van der Waals surface area contributed by atoms with E-state index in [9.17, 15) is 4.79 Å². The number of nitrogens with one attached hydrogen (secondary N) is 1. The molecule has 0 aliphatic carbocycles. The van der Waals surface area contributed by atoms with Crippen molar-refractivity contribution in [2.45, 2.75) is 57.5 Å². The van der Waals surface area contributed by atoms with E-state index >= 15 is 0 Å². The highest BCUT2D eigenvalue weighted by molar-refractivity contribution is 5.85. The van der Waals surface area contributed by atoms with E-state index in [2.05, 4.69) is 22.0 Å². The Labute approximate surface area is 129 Å². The monoisotopic (exact) mass is 303 g/mol. The molecule has 20 heavy (non-hydrogen) atoms. The number of hydrogen-bond acceptors (Lipinski definition) is 3. The molecule has 2 saturated heterocycles. The Kier molecular flexibility index (Phi) is 7.85. The number of hydrogen-bond donors (Lipinski definition) is 1. The molecular weight excluding hydrogens is 274 g/mol. The van der Waals surface area contributed by atoms with Crippen LogP contribution in [0.1, 0.15) is 45.4 Å². The molecule has 0 radical (unpaired) electrons. The molecule has 2 unspecified atom stereocenters. The van der Waals surface area contributed by atoms with Gasteiger partial charge in [-0.2, -0.15) is 0 Å². The normalized spacial score (nSPS) is 28.0. The first-order valence-electron chi connectivity index (χ1n) is 7.93. The fraction of sp³-hybridized carbons (Fsp3) is 0.933. The van der Waals surface area contributed by atoms with Gasteiger partial charge in [0.2, 0.25) is 5.91 Å². The van der Waals surface area contributed by atoms with Gasteiger partial charge in [0.15, 0.2) is 0 Å². The van der Waals surface area contributed by atoms with Crippen LogP contribution in [0.15, 0.2) is 0 Å². The molecule has 0 bridgehead atoms. The molecule has 2 fully saturated rings. The van der Waals surface area contributed by atoms with Crippen LogP contribution in [-0.2, 0) is 4.79 Å². The summed E-state index contributed by atoms with van der Waals surface area (Å²) >= 11 is 0. The highest BCUT2D eigenvalue weighted by atomic mass is 35.5. The van der Waals surface area contributed by atoms with Gasteiger partial charge < -0.3 is 10.2 Å². The molecule has 0 aromatic heterocycles. The van der Waals surface area contributed by atoms with Crippen LogP contribution in [-0.4, -0.2) is 61.0 Å². The van der Waals surface area contributed by atoms with Gasteiger partial charge in [0.05, 0.1) is 6.54 Å². The third kappa shape index (κ3) is 4.61. The second kappa shape index (κ2) is 8.85. The Bertz CT molecular complexity index is 301. The smallest absolute Gasteiger partial charge is 0.236 e. The number of likely N-dealkylation sites (N-methyl/N-ethyl adjacent to an activating group) is 1. The van der Waals surface area contributed by atoms with Gasteiger partial charge in [-0.25, -0.2) is 0 Å². The van der Waals surface area contributed by atoms with Gasteiger partial charge in [-0.3, -0.25) is 9.69 Å². The summed E-state index contributed by atoms with van der Waals surface area (Å²) in [4.78, 5) is 17.0. The average molecular weight is 304 g/mol.